The van der Waals surface area contributed by atoms with Gasteiger partial charge < -0.3 is 49.2 Å². The Morgan fingerprint density at radius 2 is 1.68 bits per heavy atom. The predicted octanol–water partition coefficient (Wildman–Crippen LogP) is 3.39. The third kappa shape index (κ3) is 11.2. The van der Waals surface area contributed by atoms with Crippen molar-refractivity contribution < 1.29 is 53.4 Å². The number of benzene rings is 1. The molecule has 1 aromatic carbocycles. The highest BCUT2D eigenvalue weighted by molar-refractivity contribution is 5.79. The van der Waals surface area contributed by atoms with E-state index in [1.54, 1.807) is 34.6 Å². The Balaban J connectivity index is 2.12. The first-order valence-electron chi connectivity index (χ1n) is 19.1. The molecule has 13 nitrogen and oxygen atoms in total. The van der Waals surface area contributed by atoms with Crippen LogP contribution in [0.3, 0.4) is 0 Å². The third-order valence-corrected chi connectivity index (χ3v) is 11.3. The van der Waals surface area contributed by atoms with E-state index in [0.717, 1.165) is 5.56 Å². The summed E-state index contributed by atoms with van der Waals surface area (Å²) >= 11 is 0. The molecule has 0 radical (unpaired) electrons. The monoisotopic (exact) mass is 750 g/mol. The second kappa shape index (κ2) is 19.3. The lowest BCUT2D eigenvalue weighted by Gasteiger charge is -2.48. The first-order chi connectivity index (χ1) is 24.8. The van der Waals surface area contributed by atoms with E-state index in [1.807, 2.05) is 56.3 Å². The molecule has 0 spiro atoms. The fraction of sp³-hybridized carbons (Fsp3) is 0.775. The number of likely N-dealkylation sites (N-methyl/N-ethyl adjacent to an activating group) is 1. The number of aliphatic hydroxyl groups excluding tert-OH is 2. The molecule has 14 atom stereocenters. The van der Waals surface area contributed by atoms with Crippen LogP contribution in [0.1, 0.15) is 93.1 Å². The Morgan fingerprint density at radius 3 is 2.26 bits per heavy atom. The van der Waals surface area contributed by atoms with Crippen molar-refractivity contribution in [3.05, 3.63) is 35.9 Å². The molecule has 0 aliphatic carbocycles. The maximum atomic E-state index is 14.1. The molecular weight excluding hydrogens is 684 g/mol. The zero-order valence-corrected chi connectivity index (χ0v) is 33.6. The van der Waals surface area contributed by atoms with Gasteiger partial charge in [-0.15, -0.1) is 0 Å². The molecule has 0 unspecified atom stereocenters. The van der Waals surface area contributed by atoms with Crippen LogP contribution in [0.5, 0.6) is 0 Å². The van der Waals surface area contributed by atoms with Gasteiger partial charge in [0.05, 0.1) is 35.7 Å². The number of aliphatic hydroxyl groups is 3. The summed E-state index contributed by atoms with van der Waals surface area (Å²) in [6, 6.07) is 8.95. The minimum absolute atomic E-state index is 0.0822. The van der Waals surface area contributed by atoms with Crippen molar-refractivity contribution in [2.45, 2.75) is 160 Å². The Kier molecular flexibility index (Phi) is 16.3. The van der Waals surface area contributed by atoms with Gasteiger partial charge in [0, 0.05) is 31.5 Å². The Bertz CT molecular complexity index is 1330. The minimum Gasteiger partial charge on any atom is -0.461 e. The van der Waals surface area contributed by atoms with E-state index >= 15 is 0 Å². The Labute approximate surface area is 316 Å². The van der Waals surface area contributed by atoms with Gasteiger partial charge in [-0.2, -0.15) is 0 Å². The first kappa shape index (κ1) is 44.7. The van der Waals surface area contributed by atoms with E-state index < -0.39 is 89.7 Å². The van der Waals surface area contributed by atoms with Crippen LogP contribution in [0, 0.1) is 17.8 Å². The average molecular weight is 751 g/mol. The topological polar surface area (TPSA) is 173 Å². The van der Waals surface area contributed by atoms with E-state index in [2.05, 4.69) is 5.32 Å². The fourth-order valence-corrected chi connectivity index (χ4v) is 7.94. The second-order valence-electron chi connectivity index (χ2n) is 16.0. The van der Waals surface area contributed by atoms with Crippen molar-refractivity contribution in [1.29, 1.82) is 0 Å². The number of carbonyl (C=O) groups is 3. The molecule has 2 aliphatic rings. The van der Waals surface area contributed by atoms with Crippen LogP contribution in [0.2, 0.25) is 0 Å². The number of rotatable bonds is 10. The molecule has 2 heterocycles. The summed E-state index contributed by atoms with van der Waals surface area (Å²) in [7, 11) is 5.25. The normalized spacial score (nSPS) is 39.4. The lowest BCUT2D eigenvalue weighted by atomic mass is 9.78. The van der Waals surface area contributed by atoms with Crippen molar-refractivity contribution >= 4 is 17.8 Å². The number of carbonyl (C=O) groups excluding carboxylic acids is 3. The Hall–Kier alpha value is -2.65. The third-order valence-electron chi connectivity index (χ3n) is 11.3. The largest absolute Gasteiger partial charge is 0.461 e. The molecule has 1 amide bonds. The highest BCUT2D eigenvalue weighted by Crippen LogP contribution is 2.38. The highest BCUT2D eigenvalue weighted by atomic mass is 16.7. The quantitative estimate of drug-likeness (QED) is 0.257. The van der Waals surface area contributed by atoms with Crippen molar-refractivity contribution in [1.82, 2.24) is 10.2 Å². The molecule has 53 heavy (non-hydrogen) atoms. The van der Waals surface area contributed by atoms with E-state index in [9.17, 15) is 29.7 Å². The molecule has 0 aromatic heterocycles. The molecular formula is C40H66N2O11. The maximum Gasteiger partial charge on any atom is 0.312 e. The maximum absolute atomic E-state index is 14.1. The Morgan fingerprint density at radius 1 is 1.04 bits per heavy atom. The number of cyclic esters (lactones) is 1. The van der Waals surface area contributed by atoms with Gasteiger partial charge in [0.1, 0.15) is 23.9 Å². The van der Waals surface area contributed by atoms with E-state index in [-0.39, 0.29) is 31.4 Å². The number of hydrogen-bond donors (Lipinski definition) is 4. The molecule has 302 valence electrons. The van der Waals surface area contributed by atoms with Crippen LogP contribution in [0.25, 0.3) is 0 Å². The first-order valence-corrected chi connectivity index (χ1v) is 19.1. The van der Waals surface area contributed by atoms with Crippen LogP contribution >= 0.6 is 0 Å². The molecule has 1 aromatic rings. The van der Waals surface area contributed by atoms with Crippen LogP contribution in [0.4, 0.5) is 0 Å². The highest BCUT2D eigenvalue weighted by Gasteiger charge is 2.52. The predicted molar refractivity (Wildman–Crippen MR) is 198 cm³/mol. The van der Waals surface area contributed by atoms with E-state index in [1.165, 1.54) is 21.0 Å². The van der Waals surface area contributed by atoms with Crippen LogP contribution in [-0.4, -0.2) is 125 Å². The molecule has 2 aliphatic heterocycles. The van der Waals surface area contributed by atoms with Crippen molar-refractivity contribution in [2.75, 3.05) is 21.2 Å². The zero-order chi connectivity index (χ0) is 39.8. The van der Waals surface area contributed by atoms with E-state index in [4.69, 9.17) is 23.7 Å². The van der Waals surface area contributed by atoms with Gasteiger partial charge in [0.2, 0.25) is 5.91 Å². The molecule has 3 rings (SSSR count). The van der Waals surface area contributed by atoms with Crippen LogP contribution < -0.4 is 5.32 Å². The van der Waals surface area contributed by atoms with Gasteiger partial charge in [-0.1, -0.05) is 51.1 Å². The summed E-state index contributed by atoms with van der Waals surface area (Å²) in [5.41, 5.74) is -2.14. The fourth-order valence-electron chi connectivity index (χ4n) is 7.94. The number of amides is 1. The van der Waals surface area contributed by atoms with Gasteiger partial charge in [-0.25, -0.2) is 0 Å². The number of nitrogens with one attached hydrogen (secondary N) is 1. The summed E-state index contributed by atoms with van der Waals surface area (Å²) in [5, 5.41) is 37.3. The summed E-state index contributed by atoms with van der Waals surface area (Å²) in [4.78, 5) is 43.1. The van der Waals surface area contributed by atoms with Crippen molar-refractivity contribution in [3.63, 3.8) is 0 Å². The average Bonchev–Trinajstić information content (AvgIpc) is 3.11. The summed E-state index contributed by atoms with van der Waals surface area (Å²) in [5.74, 6) is -4.75. The standard InChI is InChI=1S/C40H66N2O11/c1-12-30-40(8,48)34(45)27(6)36(46)41-23(2)22-39(7,49-11)35(53-38-32(44)29(42(9)10)21-24(3)50-38)25(4)33(26(5)37(47)51-30)52-31(43)20-16-19-28-17-14-13-15-18-28/h13-15,17-18,23-27,29-30,32-35,38,44-45,48H,12,16,19-22H2,1-11H3,(H,41,46)/t23-,24-,25+,26-,27-,29+,30-,32-,33+,34-,35-,38+,39-,40-/m1/s1. The molecule has 4 N–H and O–H groups in total. The van der Waals surface area contributed by atoms with Gasteiger partial charge >= 0.3 is 11.9 Å². The smallest absolute Gasteiger partial charge is 0.312 e. The zero-order valence-electron chi connectivity index (χ0n) is 33.6. The summed E-state index contributed by atoms with van der Waals surface area (Å²) < 4.78 is 31.3. The second-order valence-corrected chi connectivity index (χ2v) is 16.0. The number of esters is 2. The number of methoxy groups -OCH3 is 1. The molecule has 13 heteroatoms. The summed E-state index contributed by atoms with van der Waals surface area (Å²) in [6.45, 7) is 13.4. The van der Waals surface area contributed by atoms with Crippen LogP contribution in [-0.2, 0) is 44.5 Å². The van der Waals surface area contributed by atoms with Crippen LogP contribution in [0.15, 0.2) is 30.3 Å². The molecule has 0 saturated carbocycles. The number of ether oxygens (including phenoxy) is 5. The lowest BCUT2D eigenvalue weighted by Crippen LogP contribution is -2.60. The summed E-state index contributed by atoms with van der Waals surface area (Å²) in [6.07, 6.45) is -5.21. The molecule has 2 fully saturated rings. The molecule has 2 saturated heterocycles. The molecule has 0 bridgehead atoms. The SMILES string of the molecule is CC[C@H]1OC(=O)[C@H](C)[C@@H](OC(=O)CCCc2ccccc2)[C@H](C)[C@@H](O[C@@H]2O[C@H](C)C[C@H](N(C)C)[C@H]2O)[C@](C)(OC)C[C@@H](C)NC(=O)[C@H](C)[C@@H](O)[C@]1(C)O. The number of aryl methyl sites for hydroxylation is 1. The minimum atomic E-state index is -2.00. The van der Waals surface area contributed by atoms with Crippen molar-refractivity contribution in [3.8, 4) is 0 Å². The van der Waals surface area contributed by atoms with Crippen molar-refractivity contribution in [2.24, 2.45) is 17.8 Å². The number of hydrogen-bond acceptors (Lipinski definition) is 12. The van der Waals surface area contributed by atoms with Gasteiger partial charge in [-0.3, -0.25) is 14.4 Å². The van der Waals surface area contributed by atoms with Gasteiger partial charge in [0.15, 0.2) is 6.29 Å². The number of nitrogens with zero attached hydrogens (tertiary/aromatic N) is 1. The van der Waals surface area contributed by atoms with E-state index in [0.29, 0.717) is 19.3 Å². The van der Waals surface area contributed by atoms with Gasteiger partial charge in [0.25, 0.3) is 0 Å². The lowest BCUT2D eigenvalue weighted by molar-refractivity contribution is -0.301. The van der Waals surface area contributed by atoms with Gasteiger partial charge in [-0.05, 0) is 86.4 Å².